The quantitative estimate of drug-likeness (QED) is 0.498. The van der Waals surface area contributed by atoms with Crippen molar-refractivity contribution >= 4 is 23.6 Å². The van der Waals surface area contributed by atoms with Gasteiger partial charge in [-0.3, -0.25) is 4.99 Å². The Labute approximate surface area is 130 Å². The number of ether oxygens (including phenoxy) is 1. The van der Waals surface area contributed by atoms with Crippen molar-refractivity contribution in [3.63, 3.8) is 0 Å². The fraction of sp³-hybridized carbons (Fsp3) is 0.286. The summed E-state index contributed by atoms with van der Waals surface area (Å²) in [6, 6.07) is 0. The highest BCUT2D eigenvalue weighted by atomic mass is 19.3. The molecule has 0 spiro atoms. The number of rotatable bonds is 6. The van der Waals surface area contributed by atoms with Crippen LogP contribution >= 0.6 is 0 Å². The van der Waals surface area contributed by atoms with Gasteiger partial charge in [0.05, 0.1) is 11.4 Å². The molecule has 2 heterocycles. The first-order valence-electron chi connectivity index (χ1n) is 6.58. The Morgan fingerprint density at radius 2 is 2.17 bits per heavy atom. The first-order chi connectivity index (χ1) is 10.9. The minimum absolute atomic E-state index is 0.0557. The molecule has 0 bridgehead atoms. The Morgan fingerprint density at radius 3 is 2.83 bits per heavy atom. The van der Waals surface area contributed by atoms with Gasteiger partial charge < -0.3 is 10.5 Å². The first kappa shape index (κ1) is 16.5. The number of nitrogens with zero attached hydrogens (tertiary/aromatic N) is 4. The second-order valence-corrected chi connectivity index (χ2v) is 4.67. The molecule has 2 aromatic heterocycles. The summed E-state index contributed by atoms with van der Waals surface area (Å²) in [5.41, 5.74) is 8.96. The van der Waals surface area contributed by atoms with E-state index in [0.717, 1.165) is 0 Å². The maximum absolute atomic E-state index is 12.1. The van der Waals surface area contributed by atoms with Gasteiger partial charge in [-0.15, -0.1) is 0 Å². The van der Waals surface area contributed by atoms with Crippen molar-refractivity contribution in [3.8, 4) is 0 Å². The van der Waals surface area contributed by atoms with Gasteiger partial charge in [0.25, 0.3) is 0 Å². The van der Waals surface area contributed by atoms with Crippen molar-refractivity contribution in [2.75, 3.05) is 5.73 Å². The number of aliphatic imine (C=N–C) groups is 1. The lowest BCUT2D eigenvalue weighted by atomic mass is 10.1. The minimum Gasteiger partial charge on any atom is -0.440 e. The number of hydrogen-bond acceptors (Lipinski definition) is 7. The monoisotopic (exact) mass is 323 g/mol. The van der Waals surface area contributed by atoms with Crippen LogP contribution < -0.4 is 5.73 Å². The van der Waals surface area contributed by atoms with Gasteiger partial charge in [0.2, 0.25) is 5.65 Å². The van der Waals surface area contributed by atoms with Crippen LogP contribution in [-0.4, -0.2) is 28.6 Å². The second-order valence-electron chi connectivity index (χ2n) is 4.67. The summed E-state index contributed by atoms with van der Waals surface area (Å²) in [6.45, 7) is 3.77. The van der Waals surface area contributed by atoms with E-state index in [9.17, 15) is 8.78 Å². The summed E-state index contributed by atoms with van der Waals surface area (Å²) >= 11 is 0. The largest absolute Gasteiger partial charge is 0.440 e. The zero-order valence-electron chi connectivity index (χ0n) is 12.6. The standard InChI is InChI=1S/C14H15F2N5O2/c1-7(22-14(15)16)4-5-9(18-3)6-10-8(2)19-13-12(11(10)17)20-23-21-13/h4-5,14H,3,6,17H2,1-2H3/b7-4+,9-5-. The molecule has 0 amide bonds. The maximum Gasteiger partial charge on any atom is 0.387 e. The molecule has 0 aliphatic rings. The van der Waals surface area contributed by atoms with Crippen LogP contribution in [0.25, 0.3) is 11.2 Å². The molecule has 2 rings (SSSR count). The lowest BCUT2D eigenvalue weighted by Gasteiger charge is -2.08. The van der Waals surface area contributed by atoms with Crippen LogP contribution in [0.1, 0.15) is 18.2 Å². The van der Waals surface area contributed by atoms with Gasteiger partial charge in [0.1, 0.15) is 0 Å². The third-order valence-electron chi connectivity index (χ3n) is 3.11. The molecule has 23 heavy (non-hydrogen) atoms. The molecule has 0 atom stereocenters. The highest BCUT2D eigenvalue weighted by molar-refractivity contribution is 5.85. The average Bonchev–Trinajstić information content (AvgIpc) is 2.94. The number of nitrogens with two attached hydrogens (primary N) is 1. The van der Waals surface area contributed by atoms with Gasteiger partial charge in [-0.2, -0.15) is 8.78 Å². The van der Waals surface area contributed by atoms with Gasteiger partial charge in [-0.1, -0.05) is 0 Å². The van der Waals surface area contributed by atoms with E-state index in [-0.39, 0.29) is 5.76 Å². The molecule has 0 saturated carbocycles. The number of aryl methyl sites for hydroxylation is 1. The first-order valence-corrected chi connectivity index (χ1v) is 6.58. The van der Waals surface area contributed by atoms with E-state index in [1.807, 2.05) is 0 Å². The molecule has 0 fully saturated rings. The van der Waals surface area contributed by atoms with Crippen molar-refractivity contribution < 1.29 is 18.1 Å². The van der Waals surface area contributed by atoms with Gasteiger partial charge in [0, 0.05) is 23.4 Å². The van der Waals surface area contributed by atoms with Gasteiger partial charge in [-0.25, -0.2) is 9.61 Å². The van der Waals surface area contributed by atoms with Crippen molar-refractivity contribution in [1.29, 1.82) is 0 Å². The summed E-state index contributed by atoms with van der Waals surface area (Å²) < 4.78 is 33.0. The third-order valence-corrected chi connectivity index (χ3v) is 3.11. The van der Waals surface area contributed by atoms with E-state index in [1.165, 1.54) is 19.1 Å². The molecule has 0 saturated heterocycles. The number of anilines is 1. The van der Waals surface area contributed by atoms with E-state index in [4.69, 9.17) is 5.73 Å². The maximum atomic E-state index is 12.1. The van der Waals surface area contributed by atoms with Crippen LogP contribution in [0.2, 0.25) is 0 Å². The summed E-state index contributed by atoms with van der Waals surface area (Å²) in [5.74, 6) is 0.0557. The smallest absolute Gasteiger partial charge is 0.387 e. The van der Waals surface area contributed by atoms with Gasteiger partial charge >= 0.3 is 6.61 Å². The van der Waals surface area contributed by atoms with Crippen LogP contribution in [0.5, 0.6) is 0 Å². The van der Waals surface area contributed by atoms with E-state index < -0.39 is 6.61 Å². The zero-order chi connectivity index (χ0) is 17.0. The Hall–Kier alpha value is -2.84. The van der Waals surface area contributed by atoms with Crippen LogP contribution in [0.4, 0.5) is 14.5 Å². The van der Waals surface area contributed by atoms with Crippen molar-refractivity contribution in [1.82, 2.24) is 15.3 Å². The normalized spacial score (nSPS) is 12.9. The number of aromatic nitrogens is 3. The van der Waals surface area contributed by atoms with E-state index in [1.54, 1.807) is 6.92 Å². The molecule has 9 heteroatoms. The second kappa shape index (κ2) is 6.95. The topological polar surface area (TPSA) is 99.4 Å². The summed E-state index contributed by atoms with van der Waals surface area (Å²) in [5, 5.41) is 7.35. The van der Waals surface area contributed by atoms with E-state index in [0.29, 0.717) is 40.2 Å². The molecule has 0 aromatic carbocycles. The number of hydrogen-bond donors (Lipinski definition) is 1. The third kappa shape index (κ3) is 3.87. The highest BCUT2D eigenvalue weighted by Crippen LogP contribution is 2.25. The molecule has 2 N–H and O–H groups in total. The van der Waals surface area contributed by atoms with Gasteiger partial charge in [-0.05, 0) is 43.0 Å². The Kier molecular flexibility index (Phi) is 4.99. The molecule has 0 aliphatic heterocycles. The molecule has 0 radical (unpaired) electrons. The zero-order valence-corrected chi connectivity index (χ0v) is 12.6. The van der Waals surface area contributed by atoms with Crippen molar-refractivity contribution in [2.45, 2.75) is 26.9 Å². The predicted octanol–water partition coefficient (Wildman–Crippen LogP) is 2.78. The van der Waals surface area contributed by atoms with Gasteiger partial charge in [0.15, 0.2) is 5.52 Å². The molecule has 0 aliphatic carbocycles. The highest BCUT2D eigenvalue weighted by Gasteiger charge is 2.15. The summed E-state index contributed by atoms with van der Waals surface area (Å²) in [7, 11) is 0. The number of alkyl halides is 2. The molecular weight excluding hydrogens is 308 g/mol. The molecule has 7 nitrogen and oxygen atoms in total. The average molecular weight is 323 g/mol. The van der Waals surface area contributed by atoms with E-state index in [2.05, 4.69) is 36.4 Å². The molecular formula is C14H15F2N5O2. The van der Waals surface area contributed by atoms with Crippen LogP contribution in [-0.2, 0) is 11.2 Å². The molecule has 0 unspecified atom stereocenters. The fourth-order valence-electron chi connectivity index (χ4n) is 1.96. The molecule has 122 valence electrons. The summed E-state index contributed by atoms with van der Waals surface area (Å²) in [4.78, 5) is 8.11. The van der Waals surface area contributed by atoms with Crippen molar-refractivity contribution in [3.05, 3.63) is 34.9 Å². The molecule has 2 aromatic rings. The van der Waals surface area contributed by atoms with Crippen LogP contribution in [0.15, 0.2) is 33.2 Å². The fourth-order valence-corrected chi connectivity index (χ4v) is 1.96. The number of fused-ring (bicyclic) bond motifs is 1. The lowest BCUT2D eigenvalue weighted by molar-refractivity contribution is -0.0953. The Morgan fingerprint density at radius 1 is 1.43 bits per heavy atom. The lowest BCUT2D eigenvalue weighted by Crippen LogP contribution is -2.03. The number of nitrogen functional groups attached to an aromatic ring is 1. The Balaban J connectivity index is 2.30. The van der Waals surface area contributed by atoms with Crippen molar-refractivity contribution in [2.24, 2.45) is 4.99 Å². The number of halogens is 2. The number of allylic oxidation sites excluding steroid dienone is 4. The van der Waals surface area contributed by atoms with E-state index >= 15 is 0 Å². The van der Waals surface area contributed by atoms with Crippen LogP contribution in [0, 0.1) is 6.92 Å². The summed E-state index contributed by atoms with van der Waals surface area (Å²) in [6.07, 6.45) is 3.20. The SMILES string of the molecule is C=N/C(=C\C=C(/C)OC(F)F)Cc1c(C)nc2nonc2c1N. The predicted molar refractivity (Wildman–Crippen MR) is 80.9 cm³/mol. The number of pyridine rings is 1. The minimum atomic E-state index is -2.87. The Bertz CT molecular complexity index is 783. The van der Waals surface area contributed by atoms with Crippen LogP contribution in [0.3, 0.4) is 0 Å².